The molecule has 0 bridgehead atoms. The van der Waals surface area contributed by atoms with E-state index in [2.05, 4.69) is 5.32 Å². The number of likely N-dealkylation sites (tertiary alicyclic amines) is 1. The van der Waals surface area contributed by atoms with Crippen molar-refractivity contribution in [2.45, 2.75) is 57.5 Å². The summed E-state index contributed by atoms with van der Waals surface area (Å²) in [7, 11) is 0. The van der Waals surface area contributed by atoms with Crippen molar-refractivity contribution in [2.24, 2.45) is 5.41 Å². The molecule has 118 valence electrons. The normalized spacial score (nSPS) is 26.8. The van der Waals surface area contributed by atoms with Gasteiger partial charge in [-0.1, -0.05) is 19.3 Å². The molecule has 1 N–H and O–H groups in total. The number of amides is 2. The minimum Gasteiger partial charge on any atom is -0.376 e. The highest BCUT2D eigenvalue weighted by molar-refractivity contribution is 6.05. The van der Waals surface area contributed by atoms with Gasteiger partial charge in [0, 0.05) is 6.42 Å². The second-order valence-corrected chi connectivity index (χ2v) is 6.69. The van der Waals surface area contributed by atoms with E-state index in [0.29, 0.717) is 19.6 Å². The van der Waals surface area contributed by atoms with E-state index in [4.69, 9.17) is 4.74 Å². The second kappa shape index (κ2) is 6.44. The van der Waals surface area contributed by atoms with E-state index in [1.807, 2.05) is 0 Å². The zero-order valence-corrected chi connectivity index (χ0v) is 12.7. The van der Waals surface area contributed by atoms with E-state index in [1.165, 1.54) is 11.3 Å². The topological polar surface area (TPSA) is 58.6 Å². The van der Waals surface area contributed by atoms with Gasteiger partial charge in [0.2, 0.25) is 11.8 Å². The predicted octanol–water partition coefficient (Wildman–Crippen LogP) is 1.46. The average molecular weight is 294 g/mol. The molecule has 2 aliphatic heterocycles. The highest BCUT2D eigenvalue weighted by atomic mass is 16.5. The van der Waals surface area contributed by atoms with Gasteiger partial charge < -0.3 is 10.1 Å². The van der Waals surface area contributed by atoms with Crippen LogP contribution in [-0.2, 0) is 14.3 Å². The summed E-state index contributed by atoms with van der Waals surface area (Å²) >= 11 is 0. The Morgan fingerprint density at radius 2 is 1.86 bits per heavy atom. The minimum absolute atomic E-state index is 0.0100. The molecular formula is C16H26N2O3. The lowest BCUT2D eigenvalue weighted by molar-refractivity contribution is -0.143. The molecule has 0 aromatic carbocycles. The van der Waals surface area contributed by atoms with Crippen molar-refractivity contribution in [1.29, 1.82) is 0 Å². The number of carbonyl (C=O) groups excluding carboxylic acids is 2. The van der Waals surface area contributed by atoms with Crippen LogP contribution in [0.2, 0.25) is 0 Å². The van der Waals surface area contributed by atoms with Crippen LogP contribution in [0.3, 0.4) is 0 Å². The van der Waals surface area contributed by atoms with Gasteiger partial charge in [0.15, 0.2) is 0 Å². The van der Waals surface area contributed by atoms with Gasteiger partial charge in [-0.3, -0.25) is 14.5 Å². The molecular weight excluding hydrogens is 268 g/mol. The van der Waals surface area contributed by atoms with Crippen LogP contribution in [0.1, 0.15) is 51.4 Å². The second-order valence-electron chi connectivity index (χ2n) is 6.69. The fourth-order valence-electron chi connectivity index (χ4n) is 3.98. The summed E-state index contributed by atoms with van der Waals surface area (Å²) in [6.45, 7) is 2.91. The Bertz CT molecular complexity index is 398. The maximum absolute atomic E-state index is 12.6. The van der Waals surface area contributed by atoms with Crippen molar-refractivity contribution >= 4 is 11.8 Å². The lowest BCUT2D eigenvalue weighted by Crippen LogP contribution is -2.39. The molecule has 0 atom stereocenters. The van der Waals surface area contributed by atoms with E-state index in [9.17, 15) is 9.59 Å². The van der Waals surface area contributed by atoms with Gasteiger partial charge in [-0.15, -0.1) is 0 Å². The van der Waals surface area contributed by atoms with E-state index in [1.54, 1.807) is 0 Å². The molecule has 5 nitrogen and oxygen atoms in total. The molecule has 0 radical (unpaired) electrons. The first kappa shape index (κ1) is 15.0. The predicted molar refractivity (Wildman–Crippen MR) is 78.7 cm³/mol. The van der Waals surface area contributed by atoms with Crippen molar-refractivity contribution in [3.63, 3.8) is 0 Å². The van der Waals surface area contributed by atoms with Crippen LogP contribution < -0.4 is 5.32 Å². The number of piperidine rings is 1. The van der Waals surface area contributed by atoms with Crippen LogP contribution >= 0.6 is 0 Å². The van der Waals surface area contributed by atoms with E-state index < -0.39 is 0 Å². The van der Waals surface area contributed by atoms with Gasteiger partial charge in [-0.25, -0.2) is 0 Å². The third-order valence-corrected chi connectivity index (χ3v) is 5.25. The first-order chi connectivity index (χ1) is 10.2. The SMILES string of the molecule is O=C1CC2(CCCCC2)C(=O)N1CCOC1CCNCC1. The Kier molecular flexibility index (Phi) is 4.60. The fourth-order valence-corrected chi connectivity index (χ4v) is 3.98. The summed E-state index contributed by atoms with van der Waals surface area (Å²) in [5, 5.41) is 3.30. The maximum Gasteiger partial charge on any atom is 0.235 e. The molecule has 0 aromatic heterocycles. The first-order valence-electron chi connectivity index (χ1n) is 8.38. The Labute approximate surface area is 126 Å². The van der Waals surface area contributed by atoms with E-state index >= 15 is 0 Å². The van der Waals surface area contributed by atoms with Gasteiger partial charge in [0.05, 0.1) is 24.7 Å². The molecule has 2 heterocycles. The Morgan fingerprint density at radius 3 is 2.57 bits per heavy atom. The molecule has 3 aliphatic rings. The van der Waals surface area contributed by atoms with Crippen molar-refractivity contribution in [1.82, 2.24) is 10.2 Å². The first-order valence-corrected chi connectivity index (χ1v) is 8.38. The van der Waals surface area contributed by atoms with Gasteiger partial charge in [0.1, 0.15) is 0 Å². The maximum atomic E-state index is 12.6. The van der Waals surface area contributed by atoms with E-state index in [0.717, 1.165) is 51.6 Å². The summed E-state index contributed by atoms with van der Waals surface area (Å²) in [6, 6.07) is 0. The fraction of sp³-hybridized carbons (Fsp3) is 0.875. The highest BCUT2D eigenvalue weighted by Gasteiger charge is 2.51. The standard InChI is InChI=1S/C16H26N2O3/c19-14-12-16(6-2-1-3-7-16)15(20)18(14)10-11-21-13-4-8-17-9-5-13/h13,17H,1-12H2. The zero-order chi connectivity index (χ0) is 14.7. The van der Waals surface area contributed by atoms with Crippen LogP contribution in [0.25, 0.3) is 0 Å². The Morgan fingerprint density at radius 1 is 1.14 bits per heavy atom. The van der Waals surface area contributed by atoms with Crippen LogP contribution in [0, 0.1) is 5.41 Å². The zero-order valence-electron chi connectivity index (χ0n) is 12.7. The number of hydrogen-bond donors (Lipinski definition) is 1. The number of hydrogen-bond acceptors (Lipinski definition) is 4. The number of carbonyl (C=O) groups is 2. The molecule has 1 spiro atoms. The largest absolute Gasteiger partial charge is 0.376 e. The van der Waals surface area contributed by atoms with E-state index in [-0.39, 0.29) is 23.3 Å². The minimum atomic E-state index is -0.357. The monoisotopic (exact) mass is 294 g/mol. The van der Waals surface area contributed by atoms with Gasteiger partial charge in [0.25, 0.3) is 0 Å². The Hall–Kier alpha value is -0.940. The molecule has 3 fully saturated rings. The molecule has 0 aromatic rings. The van der Waals surface area contributed by atoms with Gasteiger partial charge in [-0.05, 0) is 38.8 Å². The number of rotatable bonds is 4. The third-order valence-electron chi connectivity index (χ3n) is 5.25. The molecule has 1 aliphatic carbocycles. The smallest absolute Gasteiger partial charge is 0.235 e. The number of ether oxygens (including phenoxy) is 1. The third kappa shape index (κ3) is 3.14. The van der Waals surface area contributed by atoms with Gasteiger partial charge in [-0.2, -0.15) is 0 Å². The molecule has 21 heavy (non-hydrogen) atoms. The molecule has 2 amide bonds. The number of imide groups is 1. The molecule has 3 rings (SSSR count). The summed E-state index contributed by atoms with van der Waals surface area (Å²) in [4.78, 5) is 26.3. The summed E-state index contributed by atoms with van der Waals surface area (Å²) in [6.07, 6.45) is 7.89. The number of nitrogens with zero attached hydrogens (tertiary/aromatic N) is 1. The molecule has 2 saturated heterocycles. The Balaban J connectivity index is 1.50. The average Bonchev–Trinajstić information content (AvgIpc) is 2.73. The summed E-state index contributed by atoms with van der Waals surface area (Å²) < 4.78 is 5.83. The van der Waals surface area contributed by atoms with Crippen molar-refractivity contribution < 1.29 is 14.3 Å². The summed E-state index contributed by atoms with van der Waals surface area (Å²) in [5.41, 5.74) is -0.357. The van der Waals surface area contributed by atoms with Crippen LogP contribution in [0.5, 0.6) is 0 Å². The van der Waals surface area contributed by atoms with Crippen molar-refractivity contribution in [3.05, 3.63) is 0 Å². The van der Waals surface area contributed by atoms with Crippen LogP contribution in [0.4, 0.5) is 0 Å². The van der Waals surface area contributed by atoms with Gasteiger partial charge >= 0.3 is 0 Å². The van der Waals surface area contributed by atoms with Crippen molar-refractivity contribution in [3.8, 4) is 0 Å². The van der Waals surface area contributed by atoms with Crippen molar-refractivity contribution in [2.75, 3.05) is 26.2 Å². The van der Waals surface area contributed by atoms with Crippen LogP contribution in [-0.4, -0.2) is 49.1 Å². The lowest BCUT2D eigenvalue weighted by atomic mass is 9.73. The van der Waals surface area contributed by atoms with Crippen LogP contribution in [0.15, 0.2) is 0 Å². The molecule has 5 heteroatoms. The summed E-state index contributed by atoms with van der Waals surface area (Å²) in [5.74, 6) is 0.0805. The lowest BCUT2D eigenvalue weighted by Gasteiger charge is -2.30. The molecule has 0 unspecified atom stereocenters. The molecule has 1 saturated carbocycles. The number of nitrogens with one attached hydrogen (secondary N) is 1. The quantitative estimate of drug-likeness (QED) is 0.798. The highest BCUT2D eigenvalue weighted by Crippen LogP contribution is 2.45.